The number of phenols is 1. The highest BCUT2D eigenvalue weighted by Crippen LogP contribution is 2.18. The summed E-state index contributed by atoms with van der Waals surface area (Å²) in [4.78, 5) is 16.3. The van der Waals surface area contributed by atoms with Crippen LogP contribution >= 0.6 is 0 Å². The molecule has 1 aromatic heterocycles. The van der Waals surface area contributed by atoms with E-state index in [9.17, 15) is 9.90 Å². The van der Waals surface area contributed by atoms with Crippen molar-refractivity contribution in [2.45, 2.75) is 19.9 Å². The van der Waals surface area contributed by atoms with Crippen LogP contribution in [0.1, 0.15) is 28.5 Å². The zero-order valence-corrected chi connectivity index (χ0v) is 11.3. The molecular formula is C15H17N3O2. The van der Waals surface area contributed by atoms with Gasteiger partial charge in [0, 0.05) is 11.9 Å². The number of carbonyl (C=O) groups is 1. The number of benzene rings is 1. The molecule has 2 rings (SSSR count). The fraction of sp³-hybridized carbons (Fsp3) is 0.200. The van der Waals surface area contributed by atoms with Crippen LogP contribution in [-0.4, -0.2) is 16.0 Å². The van der Waals surface area contributed by atoms with Crippen molar-refractivity contribution in [2.24, 2.45) is 0 Å². The summed E-state index contributed by atoms with van der Waals surface area (Å²) in [6.45, 7) is 2.37. The molecule has 4 N–H and O–H groups in total. The third-order valence-corrected chi connectivity index (χ3v) is 3.06. The molecule has 0 unspecified atom stereocenters. The van der Waals surface area contributed by atoms with Gasteiger partial charge in [0.1, 0.15) is 5.75 Å². The monoisotopic (exact) mass is 271 g/mol. The van der Waals surface area contributed by atoms with Crippen molar-refractivity contribution in [1.29, 1.82) is 0 Å². The number of aromatic hydroxyl groups is 1. The number of pyridine rings is 1. The van der Waals surface area contributed by atoms with Gasteiger partial charge in [0.2, 0.25) is 0 Å². The second-order valence-corrected chi connectivity index (χ2v) is 4.42. The first-order valence-electron chi connectivity index (χ1n) is 6.41. The Morgan fingerprint density at radius 3 is 2.95 bits per heavy atom. The average molecular weight is 271 g/mol. The van der Waals surface area contributed by atoms with Crippen LogP contribution in [0.5, 0.6) is 5.75 Å². The van der Waals surface area contributed by atoms with E-state index in [1.807, 2.05) is 19.1 Å². The molecule has 104 valence electrons. The number of amides is 1. The number of phenolic OH excluding ortho intramolecular Hbond substituents is 1. The molecule has 0 fully saturated rings. The summed E-state index contributed by atoms with van der Waals surface area (Å²) in [7, 11) is 0. The molecule has 0 saturated heterocycles. The van der Waals surface area contributed by atoms with E-state index >= 15 is 0 Å². The number of rotatable bonds is 4. The predicted molar refractivity (Wildman–Crippen MR) is 77.3 cm³/mol. The maximum Gasteiger partial charge on any atom is 0.253 e. The van der Waals surface area contributed by atoms with Crippen LogP contribution in [0.25, 0.3) is 0 Å². The molecule has 0 atom stereocenters. The maximum absolute atomic E-state index is 12.1. The van der Waals surface area contributed by atoms with Crippen LogP contribution in [0.15, 0.2) is 36.5 Å². The molecule has 0 spiro atoms. The Hall–Kier alpha value is -2.56. The number of aromatic nitrogens is 1. The fourth-order valence-corrected chi connectivity index (χ4v) is 1.95. The number of hydrogen-bond donors (Lipinski definition) is 3. The summed E-state index contributed by atoms with van der Waals surface area (Å²) >= 11 is 0. The van der Waals surface area contributed by atoms with E-state index in [0.29, 0.717) is 12.2 Å². The molecule has 1 aromatic carbocycles. The van der Waals surface area contributed by atoms with Crippen LogP contribution in [0, 0.1) is 0 Å². The molecule has 0 aliphatic carbocycles. The lowest BCUT2D eigenvalue weighted by molar-refractivity contribution is 0.0951. The zero-order valence-electron chi connectivity index (χ0n) is 11.3. The third-order valence-electron chi connectivity index (χ3n) is 3.06. The highest BCUT2D eigenvalue weighted by molar-refractivity contribution is 5.99. The van der Waals surface area contributed by atoms with Gasteiger partial charge < -0.3 is 16.2 Å². The van der Waals surface area contributed by atoms with Crippen molar-refractivity contribution in [2.75, 3.05) is 5.73 Å². The molecule has 0 radical (unpaired) electrons. The number of aryl methyl sites for hydroxylation is 1. The highest BCUT2D eigenvalue weighted by Gasteiger charge is 2.11. The van der Waals surface area contributed by atoms with Crippen molar-refractivity contribution >= 4 is 11.6 Å². The number of carbonyl (C=O) groups excluding carboxylic acids is 1. The standard InChI is InChI=1S/C15H17N3O2/c1-2-10-4-3-7-17-14(10)9-18-15(20)12-8-11(19)5-6-13(12)16/h3-8,19H,2,9,16H2,1H3,(H,18,20). The van der Waals surface area contributed by atoms with Crippen LogP contribution in [-0.2, 0) is 13.0 Å². The van der Waals surface area contributed by atoms with Gasteiger partial charge in [-0.3, -0.25) is 9.78 Å². The van der Waals surface area contributed by atoms with Gasteiger partial charge in [-0.25, -0.2) is 0 Å². The van der Waals surface area contributed by atoms with Gasteiger partial charge >= 0.3 is 0 Å². The molecular weight excluding hydrogens is 254 g/mol. The number of anilines is 1. The van der Waals surface area contributed by atoms with Crippen molar-refractivity contribution in [1.82, 2.24) is 10.3 Å². The molecule has 5 nitrogen and oxygen atoms in total. The van der Waals surface area contributed by atoms with E-state index < -0.39 is 0 Å². The van der Waals surface area contributed by atoms with Crippen LogP contribution in [0.3, 0.4) is 0 Å². The first-order valence-corrected chi connectivity index (χ1v) is 6.41. The molecule has 0 aliphatic rings. The molecule has 0 bridgehead atoms. The Labute approximate surface area is 117 Å². The van der Waals surface area contributed by atoms with E-state index in [1.54, 1.807) is 6.20 Å². The molecule has 1 heterocycles. The average Bonchev–Trinajstić information content (AvgIpc) is 2.47. The van der Waals surface area contributed by atoms with Crippen LogP contribution < -0.4 is 11.1 Å². The lowest BCUT2D eigenvalue weighted by Crippen LogP contribution is -2.24. The van der Waals surface area contributed by atoms with Crippen molar-refractivity contribution in [3.8, 4) is 5.75 Å². The number of hydrogen-bond acceptors (Lipinski definition) is 4. The van der Waals surface area contributed by atoms with Crippen molar-refractivity contribution in [3.63, 3.8) is 0 Å². The maximum atomic E-state index is 12.1. The normalized spacial score (nSPS) is 10.2. The first kappa shape index (κ1) is 13.9. The Kier molecular flexibility index (Phi) is 4.20. The Balaban J connectivity index is 2.11. The summed E-state index contributed by atoms with van der Waals surface area (Å²) in [5.74, 6) is -0.317. The molecule has 20 heavy (non-hydrogen) atoms. The fourth-order valence-electron chi connectivity index (χ4n) is 1.95. The second kappa shape index (κ2) is 6.06. The Morgan fingerprint density at radius 2 is 2.20 bits per heavy atom. The molecule has 5 heteroatoms. The summed E-state index contributed by atoms with van der Waals surface area (Å²) in [5, 5.41) is 12.2. The molecule has 0 saturated carbocycles. The number of nitrogens with zero attached hydrogens (tertiary/aromatic N) is 1. The van der Waals surface area contributed by atoms with Gasteiger partial charge in [0.05, 0.1) is 17.8 Å². The zero-order chi connectivity index (χ0) is 14.5. The minimum absolute atomic E-state index is 0.0106. The van der Waals surface area contributed by atoms with Gasteiger partial charge in [-0.15, -0.1) is 0 Å². The minimum atomic E-state index is -0.328. The second-order valence-electron chi connectivity index (χ2n) is 4.42. The van der Waals surface area contributed by atoms with Gasteiger partial charge in [-0.05, 0) is 36.2 Å². The number of nitrogens with one attached hydrogen (secondary N) is 1. The van der Waals surface area contributed by atoms with E-state index in [2.05, 4.69) is 10.3 Å². The summed E-state index contributed by atoms with van der Waals surface area (Å²) in [6, 6.07) is 8.15. The van der Waals surface area contributed by atoms with Crippen molar-refractivity contribution in [3.05, 3.63) is 53.3 Å². The van der Waals surface area contributed by atoms with E-state index in [0.717, 1.165) is 17.7 Å². The van der Waals surface area contributed by atoms with Crippen molar-refractivity contribution < 1.29 is 9.90 Å². The number of nitrogens with two attached hydrogens (primary N) is 1. The van der Waals surface area contributed by atoms with Gasteiger partial charge in [0.25, 0.3) is 5.91 Å². The van der Waals surface area contributed by atoms with Crippen LogP contribution in [0.2, 0.25) is 0 Å². The largest absolute Gasteiger partial charge is 0.508 e. The summed E-state index contributed by atoms with van der Waals surface area (Å²) in [6.07, 6.45) is 2.55. The smallest absolute Gasteiger partial charge is 0.253 e. The molecule has 2 aromatic rings. The highest BCUT2D eigenvalue weighted by atomic mass is 16.3. The first-order chi connectivity index (χ1) is 9.61. The molecule has 0 aliphatic heterocycles. The number of nitrogen functional groups attached to an aromatic ring is 1. The van der Waals surface area contributed by atoms with Gasteiger partial charge in [-0.2, -0.15) is 0 Å². The van der Waals surface area contributed by atoms with Crippen LogP contribution in [0.4, 0.5) is 5.69 Å². The topological polar surface area (TPSA) is 88.2 Å². The third kappa shape index (κ3) is 3.06. The molecule has 1 amide bonds. The summed E-state index contributed by atoms with van der Waals surface area (Å²) < 4.78 is 0. The van der Waals surface area contributed by atoms with E-state index in [-0.39, 0.29) is 17.2 Å². The quantitative estimate of drug-likeness (QED) is 0.585. The van der Waals surface area contributed by atoms with Gasteiger partial charge in [-0.1, -0.05) is 13.0 Å². The van der Waals surface area contributed by atoms with E-state index in [1.165, 1.54) is 18.2 Å². The minimum Gasteiger partial charge on any atom is -0.508 e. The SMILES string of the molecule is CCc1cccnc1CNC(=O)c1cc(O)ccc1N. The lowest BCUT2D eigenvalue weighted by Gasteiger charge is -2.10. The Morgan fingerprint density at radius 1 is 1.40 bits per heavy atom. The summed E-state index contributed by atoms with van der Waals surface area (Å²) in [5.41, 5.74) is 8.25. The lowest BCUT2D eigenvalue weighted by atomic mass is 10.1. The van der Waals surface area contributed by atoms with Gasteiger partial charge in [0.15, 0.2) is 0 Å². The predicted octanol–water partition coefficient (Wildman–Crippen LogP) is 1.86. The Bertz CT molecular complexity index is 626. The van der Waals surface area contributed by atoms with E-state index in [4.69, 9.17) is 5.73 Å².